The van der Waals surface area contributed by atoms with E-state index in [1.807, 2.05) is 75.6 Å². The minimum Gasteiger partial charge on any atom is -0.481 e. The van der Waals surface area contributed by atoms with Crippen LogP contribution < -0.4 is 20.5 Å². The van der Waals surface area contributed by atoms with Crippen LogP contribution in [0.4, 0.5) is 46.5 Å². The van der Waals surface area contributed by atoms with Crippen LogP contribution >= 0.6 is 0 Å². The van der Waals surface area contributed by atoms with Crippen molar-refractivity contribution in [3.63, 3.8) is 0 Å². The van der Waals surface area contributed by atoms with Gasteiger partial charge in [0.2, 0.25) is 0 Å². The van der Waals surface area contributed by atoms with Gasteiger partial charge in [-0.05, 0) is 124 Å². The molecule has 4 atom stereocenters. The third kappa shape index (κ3) is 14.7. The molecule has 16 nitrogen and oxygen atoms in total. The Morgan fingerprint density at radius 2 is 1.26 bits per heavy atom. The standard InChI is InChI=1S/C26H25F4N3O4S.C15H19N3O3S.C11H10F4O3/c1-14(10-17-4-7-23(20(27)11-17)36-26(28,29)30)25-31-21-12-18(24-15(2)32-37-16(24)3)5-6-22(21)33(25)19-8-9-38(34,35)13-19;1-9-15(10(2)21-18-9)11-3-4-14(13(16)7-11)17-12-5-6-22(19,20)8-12;1-6(10(16)17)4-7-2-3-9(8(12)5-7)18-11(13,14)15/h4-7,11-12,14,19H,8-10,13H2,1-3H3;3-4,7,12,17H,5-6,8,16H2,1-2H3;2-3,5-6H,4H2,1H3,(H,16,17)/t14-,19+;12-;6-/m101/s1. The van der Waals surface area contributed by atoms with Gasteiger partial charge in [0.1, 0.15) is 17.3 Å². The summed E-state index contributed by atoms with van der Waals surface area (Å²) < 4.78 is 168. The Hall–Kier alpha value is -7.22. The van der Waals surface area contributed by atoms with Crippen LogP contribution in [0.2, 0.25) is 0 Å². The van der Waals surface area contributed by atoms with E-state index < -0.39 is 67.4 Å². The Balaban J connectivity index is 0.000000187. The number of fused-ring (bicyclic) bond motifs is 1. The van der Waals surface area contributed by atoms with Crippen molar-refractivity contribution in [3.05, 3.63) is 124 Å². The van der Waals surface area contributed by atoms with Crippen LogP contribution in [0.5, 0.6) is 11.5 Å². The number of carboxylic acids is 1. The van der Waals surface area contributed by atoms with Crippen molar-refractivity contribution in [1.82, 2.24) is 19.9 Å². The van der Waals surface area contributed by atoms with Crippen molar-refractivity contribution in [1.29, 1.82) is 0 Å². The maximum atomic E-state index is 14.3. The molecule has 420 valence electrons. The fraction of sp³-hybridized carbons (Fsp3) is 0.385. The molecule has 2 fully saturated rings. The number of nitrogen functional groups attached to an aromatic ring is 1. The second kappa shape index (κ2) is 23.0. The molecule has 5 heterocycles. The quantitative estimate of drug-likeness (QED) is 0.0720. The third-order valence-electron chi connectivity index (χ3n) is 13.0. The lowest BCUT2D eigenvalue weighted by molar-refractivity contribution is -0.276. The number of anilines is 2. The molecule has 0 saturated carbocycles. The molecule has 0 spiro atoms. The summed E-state index contributed by atoms with van der Waals surface area (Å²) in [5.41, 5.74) is 14.8. The normalized spacial score (nSPS) is 17.6. The van der Waals surface area contributed by atoms with Gasteiger partial charge in [-0.2, -0.15) is 0 Å². The number of ether oxygens (including phenoxy) is 2. The van der Waals surface area contributed by atoms with Gasteiger partial charge >= 0.3 is 18.7 Å². The Morgan fingerprint density at radius 1 is 0.744 bits per heavy atom. The number of nitrogens with zero attached hydrogens (tertiary/aromatic N) is 4. The van der Waals surface area contributed by atoms with Crippen LogP contribution in [0.15, 0.2) is 81.8 Å². The fourth-order valence-electron chi connectivity index (χ4n) is 9.40. The summed E-state index contributed by atoms with van der Waals surface area (Å²) in [5.74, 6) is -3.75. The highest BCUT2D eigenvalue weighted by Crippen LogP contribution is 2.38. The van der Waals surface area contributed by atoms with Crippen LogP contribution in [0.1, 0.15) is 78.5 Å². The van der Waals surface area contributed by atoms with Crippen LogP contribution in [0, 0.1) is 45.2 Å². The number of aromatic nitrogens is 4. The summed E-state index contributed by atoms with van der Waals surface area (Å²) in [4.78, 5) is 15.4. The minimum absolute atomic E-state index is 0.0120. The predicted molar refractivity (Wildman–Crippen MR) is 272 cm³/mol. The van der Waals surface area contributed by atoms with Crippen molar-refractivity contribution in [2.75, 3.05) is 34.1 Å². The molecule has 0 unspecified atom stereocenters. The van der Waals surface area contributed by atoms with Gasteiger partial charge in [-0.1, -0.05) is 48.4 Å². The molecule has 0 aliphatic carbocycles. The van der Waals surface area contributed by atoms with E-state index >= 15 is 0 Å². The van der Waals surface area contributed by atoms with Crippen molar-refractivity contribution in [2.24, 2.45) is 5.92 Å². The molecule has 2 aliphatic heterocycles. The van der Waals surface area contributed by atoms with Gasteiger partial charge in [0, 0.05) is 23.1 Å². The first kappa shape index (κ1) is 58.5. The minimum atomic E-state index is -5.00. The summed E-state index contributed by atoms with van der Waals surface area (Å²) in [6.07, 6.45) is -8.60. The number of hydrogen-bond acceptors (Lipinski definition) is 14. The lowest BCUT2D eigenvalue weighted by Gasteiger charge is -2.19. The van der Waals surface area contributed by atoms with Crippen molar-refractivity contribution < 1.29 is 80.4 Å². The number of halogens is 8. The predicted octanol–water partition coefficient (Wildman–Crippen LogP) is 11.2. The molecule has 0 radical (unpaired) electrons. The zero-order valence-corrected chi connectivity index (χ0v) is 44.4. The Labute approximate surface area is 442 Å². The Morgan fingerprint density at radius 3 is 1.71 bits per heavy atom. The number of nitrogens with two attached hydrogens (primary N) is 1. The highest BCUT2D eigenvalue weighted by atomic mass is 32.2. The zero-order valence-electron chi connectivity index (χ0n) is 42.7. The number of nitrogens with one attached hydrogen (secondary N) is 1. The van der Waals surface area contributed by atoms with Crippen LogP contribution in [0.3, 0.4) is 0 Å². The smallest absolute Gasteiger partial charge is 0.481 e. The number of rotatable bonds is 13. The van der Waals surface area contributed by atoms with Crippen LogP contribution in [-0.2, 0) is 37.3 Å². The number of carbonyl (C=O) groups is 1. The molecule has 0 amide bonds. The molecular formula is C52H54F8N6O10S2. The van der Waals surface area contributed by atoms with Crippen molar-refractivity contribution in [2.45, 2.75) is 98.0 Å². The SMILES string of the molecule is C[C@H](Cc1ccc(OC(F)(F)F)c(F)c1)C(=O)O.Cc1noc(C)c1-c1ccc(N[C@H]2CCS(=O)(=O)C2)c(N)c1.Cc1noc(C)c1-c1ccc2c(c1)nc([C@H](C)Cc1ccc(OC(F)(F)F)c(F)c1)n2[C@H]1CCS(=O)(=O)C1. The summed E-state index contributed by atoms with van der Waals surface area (Å²) in [6, 6.07) is 17.2. The molecule has 3 aromatic heterocycles. The monoisotopic (exact) mass is 1140 g/mol. The lowest BCUT2D eigenvalue weighted by atomic mass is 9.99. The van der Waals surface area contributed by atoms with Gasteiger partial charge in [0.15, 0.2) is 42.8 Å². The van der Waals surface area contributed by atoms with Gasteiger partial charge in [0.25, 0.3) is 0 Å². The third-order valence-corrected chi connectivity index (χ3v) is 16.5. The largest absolute Gasteiger partial charge is 0.573 e. The maximum Gasteiger partial charge on any atom is 0.573 e. The number of carboxylic acid groups (broad SMARTS) is 1. The molecule has 2 saturated heterocycles. The molecule has 4 N–H and O–H groups in total. The van der Waals surface area contributed by atoms with E-state index in [2.05, 4.69) is 25.1 Å². The van der Waals surface area contributed by atoms with Crippen molar-refractivity contribution in [3.8, 4) is 33.8 Å². The molecule has 9 rings (SSSR count). The van der Waals surface area contributed by atoms with E-state index in [4.69, 9.17) is 24.9 Å². The fourth-order valence-corrected chi connectivity index (χ4v) is 12.8. The van der Waals surface area contributed by atoms with E-state index in [-0.39, 0.29) is 59.4 Å². The average molecular weight is 1140 g/mol. The first-order valence-corrected chi connectivity index (χ1v) is 27.8. The van der Waals surface area contributed by atoms with E-state index in [0.29, 0.717) is 41.2 Å². The Bertz CT molecular complexity index is 3520. The molecular weight excluding hydrogens is 1080 g/mol. The first-order chi connectivity index (χ1) is 36.4. The molecule has 7 aromatic rings. The number of aliphatic carboxylic acids is 1. The van der Waals surface area contributed by atoms with Gasteiger partial charge in [-0.3, -0.25) is 4.79 Å². The van der Waals surface area contributed by atoms with Gasteiger partial charge in [-0.15, -0.1) is 26.3 Å². The van der Waals surface area contributed by atoms with E-state index in [0.717, 1.165) is 74.9 Å². The second-order valence-corrected chi connectivity index (χ2v) is 23.7. The first-order valence-electron chi connectivity index (χ1n) is 24.1. The van der Waals surface area contributed by atoms with E-state index in [9.17, 15) is 56.8 Å². The van der Waals surface area contributed by atoms with Gasteiger partial charge < -0.3 is 39.2 Å². The van der Waals surface area contributed by atoms with Crippen LogP contribution in [-0.4, -0.2) is 89.6 Å². The summed E-state index contributed by atoms with van der Waals surface area (Å²) in [7, 11) is -6.10. The lowest BCUT2D eigenvalue weighted by Crippen LogP contribution is -2.21. The highest BCUT2D eigenvalue weighted by molar-refractivity contribution is 7.91. The Kier molecular flexibility index (Phi) is 17.2. The zero-order chi connectivity index (χ0) is 57.2. The van der Waals surface area contributed by atoms with Crippen LogP contribution in [0.25, 0.3) is 33.3 Å². The topological polar surface area (TPSA) is 232 Å². The van der Waals surface area contributed by atoms with Crippen molar-refractivity contribution >= 4 is 48.1 Å². The number of alkyl halides is 6. The van der Waals surface area contributed by atoms with E-state index in [1.165, 1.54) is 19.1 Å². The summed E-state index contributed by atoms with van der Waals surface area (Å²) in [5, 5.41) is 19.8. The van der Waals surface area contributed by atoms with Gasteiger partial charge in [-0.25, -0.2) is 30.6 Å². The molecule has 78 heavy (non-hydrogen) atoms. The average Bonchev–Trinajstić information content (AvgIpc) is 4.18. The number of benzene rings is 4. The van der Waals surface area contributed by atoms with Gasteiger partial charge in [0.05, 0.1) is 68.8 Å². The number of hydrogen-bond donors (Lipinski definition) is 3. The molecule has 2 aliphatic rings. The molecule has 26 heteroatoms. The number of imidazole rings is 1. The molecule has 4 aromatic carbocycles. The summed E-state index contributed by atoms with van der Waals surface area (Å²) >= 11 is 0. The molecule has 0 bridgehead atoms. The number of aryl methyl sites for hydroxylation is 4. The maximum absolute atomic E-state index is 14.3. The second-order valence-electron chi connectivity index (χ2n) is 19.2. The highest BCUT2D eigenvalue weighted by Gasteiger charge is 2.35. The number of sulfone groups is 2. The summed E-state index contributed by atoms with van der Waals surface area (Å²) in [6.45, 7) is 10.7. The van der Waals surface area contributed by atoms with E-state index in [1.54, 1.807) is 0 Å².